The molecule has 0 aromatic carbocycles. The number of hydrogen-bond donors (Lipinski definition) is 0. The molecule has 1 aliphatic carbocycles. The molecule has 0 bridgehead atoms. The van der Waals surface area contributed by atoms with Crippen molar-refractivity contribution in [1.82, 2.24) is 0 Å². The van der Waals surface area contributed by atoms with Crippen molar-refractivity contribution >= 4 is 17.7 Å². The Morgan fingerprint density at radius 3 is 2.53 bits per heavy atom. The van der Waals surface area contributed by atoms with Crippen molar-refractivity contribution < 1.29 is 9.53 Å². The zero-order valence-electron chi connectivity index (χ0n) is 10.2. The van der Waals surface area contributed by atoms with Gasteiger partial charge >= 0.3 is 5.97 Å². The maximum Gasteiger partial charge on any atom is 0.312 e. The highest BCUT2D eigenvalue weighted by Crippen LogP contribution is 2.68. The molecule has 0 heterocycles. The summed E-state index contributed by atoms with van der Waals surface area (Å²) >= 11 is 1.69. The van der Waals surface area contributed by atoms with E-state index in [0.29, 0.717) is 6.61 Å². The fourth-order valence-electron chi connectivity index (χ4n) is 2.13. The van der Waals surface area contributed by atoms with Crippen molar-refractivity contribution in [3.63, 3.8) is 0 Å². The van der Waals surface area contributed by atoms with Gasteiger partial charge in [0.1, 0.15) is 0 Å². The van der Waals surface area contributed by atoms with E-state index in [1.54, 1.807) is 11.8 Å². The van der Waals surface area contributed by atoms with Gasteiger partial charge in [-0.2, -0.15) is 0 Å². The summed E-state index contributed by atoms with van der Waals surface area (Å²) in [5.74, 6) is -0.0543. The normalized spacial score (nSPS) is 35.1. The summed E-state index contributed by atoms with van der Waals surface area (Å²) in [4.78, 5) is 11.8. The number of ether oxygens (including phenoxy) is 1. The molecular weight excluding hydrogens is 208 g/mol. The Balaban J connectivity index is 2.78. The highest BCUT2D eigenvalue weighted by atomic mass is 32.2. The molecule has 86 valence electrons. The highest BCUT2D eigenvalue weighted by Gasteiger charge is 2.67. The molecule has 1 fully saturated rings. The Bertz CT molecular complexity index is 298. The van der Waals surface area contributed by atoms with Gasteiger partial charge in [0.2, 0.25) is 0 Å². The van der Waals surface area contributed by atoms with Gasteiger partial charge in [-0.25, -0.2) is 0 Å². The van der Waals surface area contributed by atoms with Crippen LogP contribution in [0.15, 0.2) is 11.0 Å². The van der Waals surface area contributed by atoms with E-state index in [2.05, 4.69) is 19.3 Å². The molecule has 1 rings (SSSR count). The second-order valence-electron chi connectivity index (χ2n) is 4.60. The number of carbonyl (C=O) groups is 1. The minimum absolute atomic E-state index is 0.00225. The van der Waals surface area contributed by atoms with Gasteiger partial charge in [-0.15, -0.1) is 11.8 Å². The topological polar surface area (TPSA) is 26.3 Å². The Hall–Kier alpha value is -0.440. The summed E-state index contributed by atoms with van der Waals surface area (Å²) in [6, 6.07) is 0. The third-order valence-corrected chi connectivity index (χ3v) is 4.28. The number of thioether (sulfide) groups is 1. The van der Waals surface area contributed by atoms with Crippen molar-refractivity contribution in [2.24, 2.45) is 10.8 Å². The number of carbonyl (C=O) groups excluding carboxylic acids is 1. The van der Waals surface area contributed by atoms with E-state index in [-0.39, 0.29) is 16.8 Å². The molecule has 0 spiro atoms. The predicted octanol–water partition coefficient (Wildman–Crippen LogP) is 3.23. The van der Waals surface area contributed by atoms with Crippen molar-refractivity contribution in [1.29, 1.82) is 0 Å². The quantitative estimate of drug-likeness (QED) is 0.691. The summed E-state index contributed by atoms with van der Waals surface area (Å²) in [6.07, 6.45) is 2.94. The Morgan fingerprint density at radius 1 is 1.47 bits per heavy atom. The van der Waals surface area contributed by atoms with Gasteiger partial charge < -0.3 is 4.74 Å². The van der Waals surface area contributed by atoms with Crippen LogP contribution in [-0.4, -0.2) is 18.8 Å². The lowest BCUT2D eigenvalue weighted by molar-refractivity contribution is -0.150. The minimum atomic E-state index is -0.306. The lowest BCUT2D eigenvalue weighted by Gasteiger charge is -2.18. The molecule has 0 amide bonds. The maximum absolute atomic E-state index is 11.8. The highest BCUT2D eigenvalue weighted by molar-refractivity contribution is 8.01. The smallest absolute Gasteiger partial charge is 0.312 e. The van der Waals surface area contributed by atoms with Crippen LogP contribution in [0.4, 0.5) is 0 Å². The zero-order valence-corrected chi connectivity index (χ0v) is 11.0. The molecule has 0 radical (unpaired) electrons. The van der Waals surface area contributed by atoms with Crippen LogP contribution in [0.1, 0.15) is 34.1 Å². The number of allylic oxidation sites excluding steroid dienone is 1. The molecule has 0 aliphatic heterocycles. The molecule has 1 saturated carbocycles. The molecule has 0 saturated heterocycles. The van der Waals surface area contributed by atoms with Gasteiger partial charge in [0, 0.05) is 5.41 Å². The third-order valence-electron chi connectivity index (χ3n) is 3.69. The molecule has 2 nitrogen and oxygen atoms in total. The first-order valence-corrected chi connectivity index (χ1v) is 6.58. The number of rotatable bonds is 4. The van der Waals surface area contributed by atoms with Gasteiger partial charge in [-0.1, -0.05) is 12.5 Å². The van der Waals surface area contributed by atoms with E-state index in [1.165, 1.54) is 5.57 Å². The number of hydrogen-bond acceptors (Lipinski definition) is 3. The monoisotopic (exact) mass is 228 g/mol. The molecule has 2 atom stereocenters. The average molecular weight is 228 g/mol. The van der Waals surface area contributed by atoms with Crippen molar-refractivity contribution in [3.05, 3.63) is 11.0 Å². The van der Waals surface area contributed by atoms with Gasteiger partial charge in [0.15, 0.2) is 0 Å². The summed E-state index contributed by atoms with van der Waals surface area (Å²) in [7, 11) is 0. The first-order chi connectivity index (χ1) is 6.92. The van der Waals surface area contributed by atoms with Crippen LogP contribution >= 0.6 is 11.8 Å². The summed E-state index contributed by atoms with van der Waals surface area (Å²) < 4.78 is 5.12. The second-order valence-corrected chi connectivity index (χ2v) is 5.31. The van der Waals surface area contributed by atoms with Gasteiger partial charge in [0.05, 0.1) is 12.0 Å². The summed E-state index contributed by atoms with van der Waals surface area (Å²) in [5, 5.41) is 2.13. The molecule has 0 aromatic heterocycles. The van der Waals surface area contributed by atoms with Crippen molar-refractivity contribution in [2.75, 3.05) is 12.9 Å². The van der Waals surface area contributed by atoms with Crippen LogP contribution in [0.5, 0.6) is 0 Å². The van der Waals surface area contributed by atoms with Crippen LogP contribution in [0, 0.1) is 10.8 Å². The van der Waals surface area contributed by atoms with Crippen LogP contribution in [0.2, 0.25) is 0 Å². The van der Waals surface area contributed by atoms with E-state index in [1.807, 2.05) is 20.1 Å². The van der Waals surface area contributed by atoms with Crippen LogP contribution < -0.4 is 0 Å². The van der Waals surface area contributed by atoms with Gasteiger partial charge in [-0.3, -0.25) is 4.79 Å². The molecule has 15 heavy (non-hydrogen) atoms. The fourth-order valence-corrected chi connectivity index (χ4v) is 2.75. The molecule has 1 aliphatic rings. The maximum atomic E-state index is 11.8. The number of esters is 1. The minimum Gasteiger partial charge on any atom is -0.466 e. The zero-order chi connectivity index (χ0) is 11.7. The van der Waals surface area contributed by atoms with Crippen LogP contribution in [0.3, 0.4) is 0 Å². The standard InChI is InChI=1S/C12H20O2S/c1-6-14-10(13)12(4)8-11(12,3)9(2)7-15-5/h7H,6,8H2,1-5H3/b9-7+/t11-,12-/m0/s1. The van der Waals surface area contributed by atoms with E-state index >= 15 is 0 Å². The van der Waals surface area contributed by atoms with Gasteiger partial charge in [0.25, 0.3) is 0 Å². The van der Waals surface area contributed by atoms with E-state index < -0.39 is 0 Å². The average Bonchev–Trinajstić information content (AvgIpc) is 2.74. The fraction of sp³-hybridized carbons (Fsp3) is 0.750. The van der Waals surface area contributed by atoms with Crippen molar-refractivity contribution in [3.8, 4) is 0 Å². The van der Waals surface area contributed by atoms with E-state index in [4.69, 9.17) is 4.74 Å². The Morgan fingerprint density at radius 2 is 2.07 bits per heavy atom. The lowest BCUT2D eigenvalue weighted by Crippen LogP contribution is -2.22. The molecule has 0 aromatic rings. The first kappa shape index (κ1) is 12.6. The third kappa shape index (κ3) is 1.94. The second kappa shape index (κ2) is 4.20. The molecule has 0 unspecified atom stereocenters. The predicted molar refractivity (Wildman–Crippen MR) is 64.7 cm³/mol. The van der Waals surface area contributed by atoms with E-state index in [9.17, 15) is 4.79 Å². The SMILES string of the molecule is CCOC(=O)[C@]1(C)C[C@@]1(C)/C(C)=C/SC. The summed E-state index contributed by atoms with van der Waals surface area (Å²) in [6.45, 7) is 8.57. The largest absolute Gasteiger partial charge is 0.466 e. The molecule has 3 heteroatoms. The summed E-state index contributed by atoms with van der Waals surface area (Å²) in [5.41, 5.74) is 0.979. The van der Waals surface area contributed by atoms with Crippen LogP contribution in [-0.2, 0) is 9.53 Å². The Labute approximate surface area is 96.5 Å². The molecule has 0 N–H and O–H groups in total. The van der Waals surface area contributed by atoms with Gasteiger partial charge in [-0.05, 0) is 38.9 Å². The lowest BCUT2D eigenvalue weighted by atomic mass is 9.90. The van der Waals surface area contributed by atoms with E-state index in [0.717, 1.165) is 6.42 Å². The first-order valence-electron chi connectivity index (χ1n) is 5.29. The Kier molecular flexibility index (Phi) is 3.54. The van der Waals surface area contributed by atoms with Crippen molar-refractivity contribution in [2.45, 2.75) is 34.1 Å². The molecular formula is C12H20O2S. The van der Waals surface area contributed by atoms with Crippen LogP contribution in [0.25, 0.3) is 0 Å².